The van der Waals surface area contributed by atoms with Crippen molar-refractivity contribution in [1.29, 1.82) is 0 Å². The van der Waals surface area contributed by atoms with Crippen LogP contribution in [0.25, 0.3) is 0 Å². The third-order valence-electron chi connectivity index (χ3n) is 3.61. The van der Waals surface area contributed by atoms with Gasteiger partial charge in [0.2, 0.25) is 0 Å². The maximum Gasteiger partial charge on any atom is 0.141 e. The molecular weight excluding hydrogens is 280 g/mol. The van der Waals surface area contributed by atoms with Crippen molar-refractivity contribution in [3.05, 3.63) is 39.8 Å². The topological polar surface area (TPSA) is 34.1 Å². The van der Waals surface area contributed by atoms with Crippen molar-refractivity contribution in [1.82, 2.24) is 4.98 Å². The number of methoxy groups -OCH3 is 1. The van der Waals surface area contributed by atoms with E-state index in [0.29, 0.717) is 0 Å². The maximum atomic E-state index is 5.49. The monoisotopic (exact) mass is 304 g/mol. The molecule has 0 bridgehead atoms. The Bertz CT molecular complexity index is 613. The summed E-state index contributed by atoms with van der Waals surface area (Å²) in [6.45, 7) is 10.9. The Balaban J connectivity index is 2.31. The molecule has 0 aliphatic heterocycles. The van der Waals surface area contributed by atoms with E-state index < -0.39 is 0 Å². The van der Waals surface area contributed by atoms with Crippen LogP contribution in [0.5, 0.6) is 5.75 Å². The van der Waals surface area contributed by atoms with Gasteiger partial charge in [-0.3, -0.25) is 0 Å². The van der Waals surface area contributed by atoms with E-state index in [1.165, 1.54) is 10.4 Å². The second-order valence-electron chi connectivity index (χ2n) is 6.33. The predicted octanol–water partition coefficient (Wildman–Crippen LogP) is 4.93. The molecule has 0 radical (unpaired) electrons. The van der Waals surface area contributed by atoms with Crippen LogP contribution in [0, 0.1) is 6.92 Å². The molecule has 0 saturated heterocycles. The van der Waals surface area contributed by atoms with Crippen molar-refractivity contribution in [3.8, 4) is 5.75 Å². The first-order valence-electron chi connectivity index (χ1n) is 7.18. The minimum Gasteiger partial charge on any atom is -0.495 e. The number of thiazole rings is 1. The molecule has 0 aliphatic carbocycles. The molecule has 2 aromatic rings. The Kier molecular flexibility index (Phi) is 4.57. The summed E-state index contributed by atoms with van der Waals surface area (Å²) in [4.78, 5) is 5.59. The summed E-state index contributed by atoms with van der Waals surface area (Å²) in [7, 11) is 1.71. The zero-order chi connectivity index (χ0) is 15.6. The van der Waals surface area contributed by atoms with Crippen LogP contribution in [-0.2, 0) is 5.41 Å². The number of aryl methyl sites for hydroxylation is 1. The molecule has 1 unspecified atom stereocenters. The average Bonchev–Trinajstić information content (AvgIpc) is 2.84. The van der Waals surface area contributed by atoms with Crippen LogP contribution in [0.4, 0.5) is 5.69 Å². The number of anilines is 1. The van der Waals surface area contributed by atoms with Crippen LogP contribution in [0.3, 0.4) is 0 Å². The SMILES string of the molecule is COc1ccc(C(C)(C)C)cc1NC(C)c1scnc1C. The quantitative estimate of drug-likeness (QED) is 0.869. The minimum absolute atomic E-state index is 0.117. The molecule has 0 saturated carbocycles. The maximum absolute atomic E-state index is 5.49. The lowest BCUT2D eigenvalue weighted by Crippen LogP contribution is -2.13. The van der Waals surface area contributed by atoms with Gasteiger partial charge in [-0.25, -0.2) is 4.98 Å². The summed E-state index contributed by atoms with van der Waals surface area (Å²) in [5.41, 5.74) is 5.42. The highest BCUT2D eigenvalue weighted by Gasteiger charge is 2.18. The van der Waals surface area contributed by atoms with Crippen molar-refractivity contribution in [2.24, 2.45) is 0 Å². The first-order valence-corrected chi connectivity index (χ1v) is 8.06. The second kappa shape index (κ2) is 6.06. The van der Waals surface area contributed by atoms with Gasteiger partial charge < -0.3 is 10.1 Å². The number of hydrogen-bond donors (Lipinski definition) is 1. The van der Waals surface area contributed by atoms with Gasteiger partial charge in [0.05, 0.1) is 30.0 Å². The molecule has 3 nitrogen and oxygen atoms in total. The molecule has 1 aromatic carbocycles. The van der Waals surface area contributed by atoms with Crippen LogP contribution >= 0.6 is 11.3 Å². The van der Waals surface area contributed by atoms with E-state index >= 15 is 0 Å². The fourth-order valence-corrected chi connectivity index (χ4v) is 3.12. The second-order valence-corrected chi connectivity index (χ2v) is 7.22. The lowest BCUT2D eigenvalue weighted by Gasteiger charge is -2.23. The molecule has 2 rings (SSSR count). The number of hydrogen-bond acceptors (Lipinski definition) is 4. The largest absolute Gasteiger partial charge is 0.495 e. The van der Waals surface area contributed by atoms with Gasteiger partial charge in [-0.2, -0.15) is 0 Å². The molecule has 0 aliphatic rings. The van der Waals surface area contributed by atoms with Crippen LogP contribution in [-0.4, -0.2) is 12.1 Å². The first-order chi connectivity index (χ1) is 9.82. The Morgan fingerprint density at radius 2 is 2.00 bits per heavy atom. The van der Waals surface area contributed by atoms with Crippen molar-refractivity contribution in [2.75, 3.05) is 12.4 Å². The summed E-state index contributed by atoms with van der Waals surface area (Å²) in [6.07, 6.45) is 0. The van der Waals surface area contributed by atoms with Crippen LogP contribution in [0.2, 0.25) is 0 Å². The molecule has 0 fully saturated rings. The molecule has 1 N–H and O–H groups in total. The van der Waals surface area contributed by atoms with E-state index in [1.807, 2.05) is 18.5 Å². The van der Waals surface area contributed by atoms with Gasteiger partial charge in [0, 0.05) is 4.88 Å². The lowest BCUT2D eigenvalue weighted by molar-refractivity contribution is 0.415. The standard InChI is InChI=1S/C17H24N2OS/c1-11-16(21-10-18-11)12(2)19-14-9-13(17(3,4)5)7-8-15(14)20-6/h7-10,12,19H,1-6H3. The summed E-state index contributed by atoms with van der Waals surface area (Å²) < 4.78 is 5.49. The zero-order valence-electron chi connectivity index (χ0n) is 13.7. The fourth-order valence-electron chi connectivity index (χ4n) is 2.31. The van der Waals surface area contributed by atoms with Gasteiger partial charge in [0.1, 0.15) is 5.75 Å². The fraction of sp³-hybridized carbons (Fsp3) is 0.471. The van der Waals surface area contributed by atoms with E-state index in [2.05, 4.69) is 50.1 Å². The number of benzene rings is 1. The van der Waals surface area contributed by atoms with Crippen molar-refractivity contribution in [3.63, 3.8) is 0 Å². The van der Waals surface area contributed by atoms with Crippen LogP contribution < -0.4 is 10.1 Å². The normalized spacial score (nSPS) is 13.0. The highest BCUT2D eigenvalue weighted by atomic mass is 32.1. The van der Waals surface area contributed by atoms with E-state index in [-0.39, 0.29) is 11.5 Å². The lowest BCUT2D eigenvalue weighted by atomic mass is 9.86. The molecule has 1 heterocycles. The summed E-state index contributed by atoms with van der Waals surface area (Å²) in [5, 5.41) is 3.56. The predicted molar refractivity (Wildman–Crippen MR) is 90.6 cm³/mol. The van der Waals surface area contributed by atoms with E-state index in [9.17, 15) is 0 Å². The third-order valence-corrected chi connectivity index (χ3v) is 4.73. The molecule has 1 aromatic heterocycles. The summed E-state index contributed by atoms with van der Waals surface area (Å²) >= 11 is 1.69. The van der Waals surface area contributed by atoms with E-state index in [4.69, 9.17) is 4.74 Å². The highest BCUT2D eigenvalue weighted by Crippen LogP contribution is 2.34. The minimum atomic E-state index is 0.117. The molecule has 4 heteroatoms. The first kappa shape index (κ1) is 15.8. The van der Waals surface area contributed by atoms with Crippen molar-refractivity contribution < 1.29 is 4.74 Å². The van der Waals surface area contributed by atoms with Crippen LogP contribution in [0.1, 0.15) is 49.9 Å². The number of rotatable bonds is 4. The highest BCUT2D eigenvalue weighted by molar-refractivity contribution is 7.09. The van der Waals surface area contributed by atoms with Gasteiger partial charge in [-0.1, -0.05) is 26.8 Å². The van der Waals surface area contributed by atoms with Gasteiger partial charge in [-0.05, 0) is 37.0 Å². The molecule has 0 amide bonds. The third kappa shape index (κ3) is 3.56. The average molecular weight is 304 g/mol. The Morgan fingerprint density at radius 3 is 2.52 bits per heavy atom. The molecular formula is C17H24N2OS. The smallest absolute Gasteiger partial charge is 0.141 e. The van der Waals surface area contributed by atoms with Gasteiger partial charge >= 0.3 is 0 Å². The zero-order valence-corrected chi connectivity index (χ0v) is 14.5. The van der Waals surface area contributed by atoms with Gasteiger partial charge in [0.15, 0.2) is 0 Å². The number of aromatic nitrogens is 1. The van der Waals surface area contributed by atoms with Crippen molar-refractivity contribution >= 4 is 17.0 Å². The Morgan fingerprint density at radius 1 is 1.29 bits per heavy atom. The Hall–Kier alpha value is -1.55. The number of nitrogens with one attached hydrogen (secondary N) is 1. The summed E-state index contributed by atoms with van der Waals surface area (Å²) in [6, 6.07) is 6.56. The van der Waals surface area contributed by atoms with Crippen LogP contribution in [0.15, 0.2) is 23.7 Å². The number of nitrogens with zero attached hydrogens (tertiary/aromatic N) is 1. The molecule has 0 spiro atoms. The summed E-state index contributed by atoms with van der Waals surface area (Å²) in [5.74, 6) is 0.872. The number of ether oxygens (including phenoxy) is 1. The van der Waals surface area contributed by atoms with E-state index in [0.717, 1.165) is 17.1 Å². The molecule has 114 valence electrons. The molecule has 1 atom stereocenters. The van der Waals surface area contributed by atoms with Gasteiger partial charge in [-0.15, -0.1) is 11.3 Å². The Labute approximate surface area is 131 Å². The molecule has 21 heavy (non-hydrogen) atoms. The van der Waals surface area contributed by atoms with Gasteiger partial charge in [0.25, 0.3) is 0 Å². The van der Waals surface area contributed by atoms with E-state index in [1.54, 1.807) is 18.4 Å². The van der Waals surface area contributed by atoms with Crippen molar-refractivity contribution in [2.45, 2.75) is 46.1 Å².